The Bertz CT molecular complexity index is 505. The summed E-state index contributed by atoms with van der Waals surface area (Å²) in [4.78, 5) is 2.31. The molecule has 5 heteroatoms. The van der Waals surface area contributed by atoms with Crippen LogP contribution in [0.4, 0.5) is 5.69 Å². The van der Waals surface area contributed by atoms with Gasteiger partial charge in [-0.1, -0.05) is 12.1 Å². The predicted molar refractivity (Wildman–Crippen MR) is 67.1 cm³/mol. The molecule has 3 rings (SSSR count). The topological polar surface area (TPSA) is 34.0 Å². The summed E-state index contributed by atoms with van der Waals surface area (Å²) >= 11 is 5.78. The van der Waals surface area contributed by atoms with Crippen LogP contribution in [0, 0.1) is 0 Å². The quantitative estimate of drug-likeness (QED) is 0.763. The third kappa shape index (κ3) is 2.00. The standard InChI is InChI=1S/C12H13ClN4/c13-7-10-1-3-11(4-2-10)16-5-6-17-9-14-15-12(17)8-16/h1-4,9H,5-8H2. The van der Waals surface area contributed by atoms with Gasteiger partial charge in [0.25, 0.3) is 0 Å². The summed E-state index contributed by atoms with van der Waals surface area (Å²) in [7, 11) is 0. The maximum atomic E-state index is 5.78. The lowest BCUT2D eigenvalue weighted by Crippen LogP contribution is -2.33. The van der Waals surface area contributed by atoms with Gasteiger partial charge >= 0.3 is 0 Å². The smallest absolute Gasteiger partial charge is 0.152 e. The van der Waals surface area contributed by atoms with E-state index in [-0.39, 0.29) is 0 Å². The van der Waals surface area contributed by atoms with Crippen molar-refractivity contribution >= 4 is 17.3 Å². The summed E-state index contributed by atoms with van der Waals surface area (Å²) < 4.78 is 2.10. The number of hydrogen-bond acceptors (Lipinski definition) is 3. The van der Waals surface area contributed by atoms with Crippen molar-refractivity contribution in [3.05, 3.63) is 42.0 Å². The van der Waals surface area contributed by atoms with E-state index in [4.69, 9.17) is 11.6 Å². The molecule has 0 aliphatic carbocycles. The molecule has 0 N–H and O–H groups in total. The van der Waals surface area contributed by atoms with Gasteiger partial charge in [0.2, 0.25) is 0 Å². The van der Waals surface area contributed by atoms with Crippen LogP contribution >= 0.6 is 11.6 Å². The highest BCUT2D eigenvalue weighted by Gasteiger charge is 2.17. The summed E-state index contributed by atoms with van der Waals surface area (Å²) in [5.74, 6) is 1.59. The third-order valence-electron chi connectivity index (χ3n) is 3.09. The van der Waals surface area contributed by atoms with Gasteiger partial charge in [-0.25, -0.2) is 0 Å². The van der Waals surface area contributed by atoms with Gasteiger partial charge in [-0.2, -0.15) is 0 Å². The molecular weight excluding hydrogens is 236 g/mol. The first-order valence-electron chi connectivity index (χ1n) is 5.63. The van der Waals surface area contributed by atoms with E-state index < -0.39 is 0 Å². The zero-order chi connectivity index (χ0) is 11.7. The molecule has 1 aromatic carbocycles. The largest absolute Gasteiger partial charge is 0.362 e. The van der Waals surface area contributed by atoms with E-state index in [0.717, 1.165) is 31.0 Å². The zero-order valence-corrected chi connectivity index (χ0v) is 10.1. The SMILES string of the molecule is ClCc1ccc(N2CCn3cnnc3C2)cc1. The molecule has 2 heterocycles. The number of benzene rings is 1. The highest BCUT2D eigenvalue weighted by atomic mass is 35.5. The first kappa shape index (κ1) is 10.6. The summed E-state index contributed by atoms with van der Waals surface area (Å²) in [5, 5.41) is 8.04. The van der Waals surface area contributed by atoms with Crippen LogP contribution in [0.5, 0.6) is 0 Å². The minimum absolute atomic E-state index is 0.564. The summed E-state index contributed by atoms with van der Waals surface area (Å²) in [5.41, 5.74) is 2.36. The molecule has 0 spiro atoms. The first-order chi connectivity index (χ1) is 8.36. The second kappa shape index (κ2) is 4.37. The second-order valence-electron chi connectivity index (χ2n) is 4.16. The summed E-state index contributed by atoms with van der Waals surface area (Å²) in [6, 6.07) is 8.37. The lowest BCUT2D eigenvalue weighted by Gasteiger charge is -2.29. The van der Waals surface area contributed by atoms with Crippen molar-refractivity contribution in [2.24, 2.45) is 0 Å². The second-order valence-corrected chi connectivity index (χ2v) is 4.43. The number of halogens is 1. The van der Waals surface area contributed by atoms with Gasteiger partial charge in [-0.3, -0.25) is 0 Å². The molecule has 0 saturated carbocycles. The minimum Gasteiger partial charge on any atom is -0.362 e. The highest BCUT2D eigenvalue weighted by molar-refractivity contribution is 6.17. The molecule has 1 aliphatic rings. The van der Waals surface area contributed by atoms with Gasteiger partial charge < -0.3 is 9.47 Å². The first-order valence-corrected chi connectivity index (χ1v) is 6.17. The Hall–Kier alpha value is -1.55. The fraction of sp³-hybridized carbons (Fsp3) is 0.333. The highest BCUT2D eigenvalue weighted by Crippen LogP contribution is 2.20. The van der Waals surface area contributed by atoms with Crippen molar-refractivity contribution in [3.8, 4) is 0 Å². The number of rotatable bonds is 2. The van der Waals surface area contributed by atoms with Crippen molar-refractivity contribution < 1.29 is 0 Å². The normalized spacial score (nSPS) is 14.8. The summed E-state index contributed by atoms with van der Waals surface area (Å²) in [6.45, 7) is 2.76. The maximum absolute atomic E-state index is 5.78. The fourth-order valence-electron chi connectivity index (χ4n) is 2.08. The number of hydrogen-bond donors (Lipinski definition) is 0. The van der Waals surface area contributed by atoms with E-state index in [1.807, 2.05) is 0 Å². The van der Waals surface area contributed by atoms with Gasteiger partial charge in [0, 0.05) is 24.7 Å². The molecule has 2 aromatic rings. The van der Waals surface area contributed by atoms with Crippen LogP contribution in [0.3, 0.4) is 0 Å². The monoisotopic (exact) mass is 248 g/mol. The molecule has 17 heavy (non-hydrogen) atoms. The molecule has 0 fully saturated rings. The molecule has 0 radical (unpaired) electrons. The molecule has 88 valence electrons. The van der Waals surface area contributed by atoms with Crippen molar-refractivity contribution in [2.75, 3.05) is 11.4 Å². The maximum Gasteiger partial charge on any atom is 0.152 e. The predicted octanol–water partition coefficient (Wildman–Crippen LogP) is 2.04. The Balaban J connectivity index is 1.81. The Labute approximate surface area is 105 Å². The van der Waals surface area contributed by atoms with Crippen LogP contribution in [0.15, 0.2) is 30.6 Å². The van der Waals surface area contributed by atoms with E-state index in [1.54, 1.807) is 6.33 Å². The van der Waals surface area contributed by atoms with E-state index in [2.05, 4.69) is 43.9 Å². The van der Waals surface area contributed by atoms with Crippen molar-refractivity contribution in [2.45, 2.75) is 19.0 Å². The molecule has 0 unspecified atom stereocenters. The average Bonchev–Trinajstić information content (AvgIpc) is 2.86. The van der Waals surface area contributed by atoms with Crippen LogP contribution in [0.2, 0.25) is 0 Å². The molecule has 1 aromatic heterocycles. The lowest BCUT2D eigenvalue weighted by atomic mass is 10.2. The van der Waals surface area contributed by atoms with Gasteiger partial charge in [0.15, 0.2) is 5.82 Å². The van der Waals surface area contributed by atoms with Gasteiger partial charge in [0.1, 0.15) is 6.33 Å². The Morgan fingerprint density at radius 3 is 2.76 bits per heavy atom. The molecule has 4 nitrogen and oxygen atoms in total. The van der Waals surface area contributed by atoms with Crippen molar-refractivity contribution in [1.29, 1.82) is 0 Å². The van der Waals surface area contributed by atoms with Gasteiger partial charge in [-0.05, 0) is 17.7 Å². The molecular formula is C12H13ClN4. The van der Waals surface area contributed by atoms with Crippen LogP contribution < -0.4 is 4.90 Å². The summed E-state index contributed by atoms with van der Waals surface area (Å²) in [6.07, 6.45) is 1.79. The molecule has 1 aliphatic heterocycles. The van der Waals surface area contributed by atoms with E-state index in [1.165, 1.54) is 5.69 Å². The molecule has 0 atom stereocenters. The van der Waals surface area contributed by atoms with Crippen LogP contribution in [0.25, 0.3) is 0 Å². The number of fused-ring (bicyclic) bond motifs is 1. The third-order valence-corrected chi connectivity index (χ3v) is 3.40. The van der Waals surface area contributed by atoms with Crippen molar-refractivity contribution in [3.63, 3.8) is 0 Å². The van der Waals surface area contributed by atoms with E-state index >= 15 is 0 Å². The number of nitrogens with zero attached hydrogens (tertiary/aromatic N) is 4. The number of alkyl halides is 1. The van der Waals surface area contributed by atoms with Gasteiger partial charge in [-0.15, -0.1) is 21.8 Å². The number of anilines is 1. The molecule has 0 saturated heterocycles. The van der Waals surface area contributed by atoms with Crippen LogP contribution in [0.1, 0.15) is 11.4 Å². The Kier molecular flexibility index (Phi) is 2.73. The Morgan fingerprint density at radius 1 is 1.18 bits per heavy atom. The van der Waals surface area contributed by atoms with Crippen molar-refractivity contribution in [1.82, 2.24) is 14.8 Å². The average molecular weight is 249 g/mol. The number of aromatic nitrogens is 3. The van der Waals surface area contributed by atoms with E-state index in [0.29, 0.717) is 5.88 Å². The minimum atomic E-state index is 0.564. The molecule has 0 bridgehead atoms. The molecule has 0 amide bonds. The van der Waals surface area contributed by atoms with Gasteiger partial charge in [0.05, 0.1) is 6.54 Å². The van der Waals surface area contributed by atoms with E-state index in [9.17, 15) is 0 Å². The fourth-order valence-corrected chi connectivity index (χ4v) is 2.26. The zero-order valence-electron chi connectivity index (χ0n) is 9.38. The van der Waals surface area contributed by atoms with Crippen LogP contribution in [-0.4, -0.2) is 21.3 Å². The lowest BCUT2D eigenvalue weighted by molar-refractivity contribution is 0.560. The Morgan fingerprint density at radius 2 is 2.00 bits per heavy atom. The van der Waals surface area contributed by atoms with Crippen LogP contribution in [-0.2, 0) is 19.0 Å².